The molecule has 1 amide bonds. The number of aryl methyl sites for hydroxylation is 4. The Morgan fingerprint density at radius 3 is 2.38 bits per heavy atom. The molecule has 1 N–H and O–H groups in total. The highest BCUT2D eigenvalue weighted by atomic mass is 32.2. The third kappa shape index (κ3) is 4.70. The van der Waals surface area contributed by atoms with Crippen LogP contribution in [0.4, 0.5) is 0 Å². The lowest BCUT2D eigenvalue weighted by Crippen LogP contribution is -2.48. The van der Waals surface area contributed by atoms with Gasteiger partial charge in [0.05, 0.1) is 12.0 Å². The van der Waals surface area contributed by atoms with Crippen molar-refractivity contribution in [2.24, 2.45) is 0 Å². The van der Waals surface area contributed by atoms with Crippen molar-refractivity contribution < 1.29 is 23.5 Å². The van der Waals surface area contributed by atoms with Crippen molar-refractivity contribution in [1.82, 2.24) is 5.32 Å². The molecule has 32 heavy (non-hydrogen) atoms. The smallest absolute Gasteiger partial charge is 0.339 e. The summed E-state index contributed by atoms with van der Waals surface area (Å²) < 4.78 is 11.5. The molecule has 7 nitrogen and oxygen atoms in total. The van der Waals surface area contributed by atoms with E-state index in [0.717, 1.165) is 39.0 Å². The van der Waals surface area contributed by atoms with Gasteiger partial charge in [0.15, 0.2) is 0 Å². The van der Waals surface area contributed by atoms with Gasteiger partial charge in [-0.2, -0.15) is 11.8 Å². The normalized spacial score (nSPS) is 12.4. The van der Waals surface area contributed by atoms with Gasteiger partial charge >= 0.3 is 5.63 Å². The third-order valence-corrected chi connectivity index (χ3v) is 6.85. The van der Waals surface area contributed by atoms with Gasteiger partial charge in [-0.25, -0.2) is 4.79 Å². The monoisotopic (exact) mass is 458 g/mol. The van der Waals surface area contributed by atoms with Crippen LogP contribution in [0.1, 0.15) is 47.8 Å². The van der Waals surface area contributed by atoms with E-state index < -0.39 is 23.5 Å². The van der Waals surface area contributed by atoms with E-state index in [2.05, 4.69) is 5.32 Å². The summed E-state index contributed by atoms with van der Waals surface area (Å²) in [5.74, 6) is 0.558. The molecule has 2 aromatic heterocycles. The van der Waals surface area contributed by atoms with E-state index >= 15 is 0 Å². The van der Waals surface area contributed by atoms with Gasteiger partial charge in [-0.15, -0.1) is 0 Å². The lowest BCUT2D eigenvalue weighted by atomic mass is 9.98. The number of amides is 1. The highest BCUT2D eigenvalue weighted by molar-refractivity contribution is 7.99. The van der Waals surface area contributed by atoms with Crippen LogP contribution in [0, 0.1) is 27.7 Å². The Bertz CT molecular complexity index is 1240. The standard InChI is InChI=1S/C24H29NO6S/c1-6-32-10-9-19(23(27)28)25-20(26)8-7-16-13(3)18-11-17-12(2)15(5)30-21(17)14(4)22(18)31-24(16)29/h11,19H,6-10H2,1-5H3,(H,25,26)(H,27,28)/p-1/t19-/m0/s1. The Labute approximate surface area is 190 Å². The van der Waals surface area contributed by atoms with E-state index in [-0.39, 0.29) is 12.8 Å². The molecule has 172 valence electrons. The fraction of sp³-hybridized carbons (Fsp3) is 0.458. The number of hydrogen-bond acceptors (Lipinski definition) is 7. The zero-order valence-electron chi connectivity index (χ0n) is 19.0. The first-order chi connectivity index (χ1) is 15.1. The lowest BCUT2D eigenvalue weighted by molar-refractivity contribution is -0.308. The molecule has 0 bridgehead atoms. The highest BCUT2D eigenvalue weighted by Gasteiger charge is 2.20. The van der Waals surface area contributed by atoms with Gasteiger partial charge in [0.2, 0.25) is 5.91 Å². The second-order valence-electron chi connectivity index (χ2n) is 7.96. The van der Waals surface area contributed by atoms with Crippen LogP contribution >= 0.6 is 11.8 Å². The number of carbonyl (C=O) groups is 2. The molecule has 8 heteroatoms. The summed E-state index contributed by atoms with van der Waals surface area (Å²) in [5.41, 5.74) is 3.65. The number of carbonyl (C=O) groups excluding carboxylic acids is 2. The van der Waals surface area contributed by atoms with Crippen molar-refractivity contribution in [3.05, 3.63) is 44.5 Å². The predicted octanol–water partition coefficient (Wildman–Crippen LogP) is 3.08. The largest absolute Gasteiger partial charge is 0.548 e. The maximum Gasteiger partial charge on any atom is 0.339 e. The molecule has 0 aliphatic rings. The zero-order valence-corrected chi connectivity index (χ0v) is 19.9. The molecule has 3 aromatic rings. The molecule has 1 atom stereocenters. The molecule has 0 aliphatic carbocycles. The van der Waals surface area contributed by atoms with Crippen LogP contribution < -0.4 is 16.0 Å². The number of benzene rings is 1. The molecule has 2 heterocycles. The van der Waals surface area contributed by atoms with Gasteiger partial charge in [-0.1, -0.05) is 6.92 Å². The molecular weight excluding hydrogens is 430 g/mol. The van der Waals surface area contributed by atoms with Gasteiger partial charge in [-0.05, 0) is 69.2 Å². The Morgan fingerprint density at radius 2 is 1.72 bits per heavy atom. The van der Waals surface area contributed by atoms with E-state index in [1.54, 1.807) is 11.8 Å². The van der Waals surface area contributed by atoms with Crippen LogP contribution in [-0.2, 0) is 16.0 Å². The molecule has 0 radical (unpaired) electrons. The summed E-state index contributed by atoms with van der Waals surface area (Å²) in [4.78, 5) is 36.4. The van der Waals surface area contributed by atoms with Crippen molar-refractivity contribution >= 4 is 45.6 Å². The average molecular weight is 459 g/mol. The number of rotatable bonds is 9. The summed E-state index contributed by atoms with van der Waals surface area (Å²) in [6.07, 6.45) is 0.426. The minimum absolute atomic E-state index is 0.0210. The molecule has 1 aromatic carbocycles. The van der Waals surface area contributed by atoms with Crippen LogP contribution in [0.25, 0.3) is 21.9 Å². The van der Waals surface area contributed by atoms with E-state index in [1.807, 2.05) is 40.7 Å². The first-order valence-electron chi connectivity index (χ1n) is 10.7. The van der Waals surface area contributed by atoms with Gasteiger partial charge in [0, 0.05) is 28.3 Å². The topological polar surface area (TPSA) is 113 Å². The van der Waals surface area contributed by atoms with Crippen molar-refractivity contribution in [3.63, 3.8) is 0 Å². The fourth-order valence-electron chi connectivity index (χ4n) is 3.88. The van der Waals surface area contributed by atoms with Gasteiger partial charge in [0.1, 0.15) is 16.9 Å². The van der Waals surface area contributed by atoms with Gasteiger partial charge in [0.25, 0.3) is 0 Å². The minimum Gasteiger partial charge on any atom is -0.548 e. The minimum atomic E-state index is -1.30. The van der Waals surface area contributed by atoms with Crippen LogP contribution in [0.5, 0.6) is 0 Å². The van der Waals surface area contributed by atoms with Crippen LogP contribution in [0.15, 0.2) is 19.7 Å². The Balaban J connectivity index is 1.85. The van der Waals surface area contributed by atoms with Gasteiger partial charge < -0.3 is 24.1 Å². The molecule has 0 saturated heterocycles. The van der Waals surface area contributed by atoms with Crippen LogP contribution in [0.2, 0.25) is 0 Å². The summed E-state index contributed by atoms with van der Waals surface area (Å²) in [6, 6.07) is 0.918. The molecule has 0 unspecified atom stereocenters. The first-order valence-corrected chi connectivity index (χ1v) is 11.8. The molecule has 3 rings (SSSR count). The Kier molecular flexibility index (Phi) is 7.33. The van der Waals surface area contributed by atoms with Crippen molar-refractivity contribution in [3.8, 4) is 0 Å². The van der Waals surface area contributed by atoms with E-state index in [4.69, 9.17) is 8.83 Å². The van der Waals surface area contributed by atoms with Crippen molar-refractivity contribution in [2.45, 2.75) is 59.9 Å². The first kappa shape index (κ1) is 23.9. The molecule has 0 spiro atoms. The maximum atomic E-state index is 12.7. The highest BCUT2D eigenvalue weighted by Crippen LogP contribution is 2.34. The maximum absolute atomic E-state index is 12.7. The number of fused-ring (bicyclic) bond motifs is 2. The summed E-state index contributed by atoms with van der Waals surface area (Å²) in [7, 11) is 0. The summed E-state index contributed by atoms with van der Waals surface area (Å²) in [6.45, 7) is 9.56. The second-order valence-corrected chi connectivity index (χ2v) is 9.35. The lowest BCUT2D eigenvalue weighted by Gasteiger charge is -2.19. The van der Waals surface area contributed by atoms with E-state index in [1.165, 1.54) is 0 Å². The number of carboxylic acids is 1. The fourth-order valence-corrected chi connectivity index (χ4v) is 4.57. The zero-order chi connectivity index (χ0) is 23.6. The van der Waals surface area contributed by atoms with Crippen LogP contribution in [-0.4, -0.2) is 29.4 Å². The number of carboxylic acid groups (broad SMARTS) is 1. The number of aliphatic carboxylic acids is 1. The second kappa shape index (κ2) is 9.81. The number of hydrogen-bond donors (Lipinski definition) is 1. The molecule has 0 aliphatic heterocycles. The number of nitrogens with one attached hydrogen (secondary N) is 1. The molecule has 0 fully saturated rings. The van der Waals surface area contributed by atoms with Crippen molar-refractivity contribution in [1.29, 1.82) is 0 Å². The van der Waals surface area contributed by atoms with Gasteiger partial charge in [-0.3, -0.25) is 4.79 Å². The van der Waals surface area contributed by atoms with E-state index in [0.29, 0.717) is 28.9 Å². The predicted molar refractivity (Wildman–Crippen MR) is 124 cm³/mol. The van der Waals surface area contributed by atoms with Crippen LogP contribution in [0.3, 0.4) is 0 Å². The number of thioether (sulfide) groups is 1. The Morgan fingerprint density at radius 1 is 1.06 bits per heavy atom. The average Bonchev–Trinajstić information content (AvgIpc) is 3.02. The molecule has 0 saturated carbocycles. The summed E-state index contributed by atoms with van der Waals surface area (Å²) >= 11 is 1.60. The quantitative estimate of drug-likeness (QED) is 0.387. The van der Waals surface area contributed by atoms with E-state index in [9.17, 15) is 19.5 Å². The number of furan rings is 1. The molecular formula is C24H28NO6S-. The third-order valence-electron chi connectivity index (χ3n) is 5.92. The van der Waals surface area contributed by atoms with Crippen molar-refractivity contribution in [2.75, 3.05) is 11.5 Å². The summed E-state index contributed by atoms with van der Waals surface area (Å²) in [5, 5.41) is 15.6. The Hall–Kier alpha value is -2.74. The SMILES string of the molecule is CCSCC[C@H](NC(=O)CCc1c(C)c2cc3c(C)c(C)oc3c(C)c2oc1=O)C(=O)[O-].